The Morgan fingerprint density at radius 2 is 1.62 bits per heavy atom. The molecular formula is C21H17ClN2O5. The molecule has 2 aliphatic rings. The van der Waals surface area contributed by atoms with Crippen LogP contribution in [0.4, 0.5) is 11.4 Å². The minimum atomic E-state index is -0.595. The SMILES string of the molecule is O=C(Oc1ccc(N2C(=O)CCC2=O)cc1)[C@@H]1CC(=O)N(c2cccc(Cl)c2)C1. The van der Waals surface area contributed by atoms with Crippen molar-refractivity contribution in [3.63, 3.8) is 0 Å². The molecule has 2 heterocycles. The van der Waals surface area contributed by atoms with Crippen LogP contribution in [0.15, 0.2) is 48.5 Å². The van der Waals surface area contributed by atoms with E-state index in [0.717, 1.165) is 4.90 Å². The minimum Gasteiger partial charge on any atom is -0.426 e. The van der Waals surface area contributed by atoms with Gasteiger partial charge in [-0.05, 0) is 42.5 Å². The van der Waals surface area contributed by atoms with Gasteiger partial charge in [0.05, 0.1) is 11.6 Å². The van der Waals surface area contributed by atoms with Crippen molar-refractivity contribution >= 4 is 46.7 Å². The van der Waals surface area contributed by atoms with Crippen molar-refractivity contribution in [1.29, 1.82) is 0 Å². The van der Waals surface area contributed by atoms with Gasteiger partial charge in [0.2, 0.25) is 17.7 Å². The number of carbonyl (C=O) groups is 4. The number of amides is 3. The Bertz CT molecular complexity index is 988. The fraction of sp³-hybridized carbons (Fsp3) is 0.238. The highest BCUT2D eigenvalue weighted by molar-refractivity contribution is 6.31. The highest BCUT2D eigenvalue weighted by Crippen LogP contribution is 2.29. The van der Waals surface area contributed by atoms with E-state index in [0.29, 0.717) is 16.4 Å². The lowest BCUT2D eigenvalue weighted by Gasteiger charge is -2.17. The first kappa shape index (κ1) is 19.1. The van der Waals surface area contributed by atoms with Crippen LogP contribution < -0.4 is 14.5 Å². The number of ether oxygens (including phenoxy) is 1. The topological polar surface area (TPSA) is 84.0 Å². The Morgan fingerprint density at radius 1 is 0.931 bits per heavy atom. The maximum Gasteiger partial charge on any atom is 0.316 e. The summed E-state index contributed by atoms with van der Waals surface area (Å²) >= 11 is 5.98. The summed E-state index contributed by atoms with van der Waals surface area (Å²) in [5.74, 6) is -1.48. The first-order valence-electron chi connectivity index (χ1n) is 9.16. The predicted molar refractivity (Wildman–Crippen MR) is 106 cm³/mol. The fourth-order valence-corrected chi connectivity index (χ4v) is 3.67. The highest BCUT2D eigenvalue weighted by atomic mass is 35.5. The second-order valence-corrected chi connectivity index (χ2v) is 7.36. The van der Waals surface area contributed by atoms with Gasteiger partial charge in [-0.2, -0.15) is 0 Å². The zero-order chi connectivity index (χ0) is 20.5. The Kier molecular flexibility index (Phi) is 5.07. The summed E-state index contributed by atoms with van der Waals surface area (Å²) in [7, 11) is 0. The predicted octanol–water partition coefficient (Wildman–Crippen LogP) is 2.95. The minimum absolute atomic E-state index is 0.0558. The van der Waals surface area contributed by atoms with E-state index in [2.05, 4.69) is 0 Å². The van der Waals surface area contributed by atoms with Crippen LogP contribution in [0.1, 0.15) is 19.3 Å². The molecule has 2 fully saturated rings. The average molecular weight is 413 g/mol. The summed E-state index contributed by atoms with van der Waals surface area (Å²) in [6, 6.07) is 13.1. The van der Waals surface area contributed by atoms with Gasteiger partial charge >= 0.3 is 5.97 Å². The van der Waals surface area contributed by atoms with Crippen molar-refractivity contribution in [1.82, 2.24) is 0 Å². The third-order valence-electron chi connectivity index (χ3n) is 4.94. The molecule has 0 N–H and O–H groups in total. The summed E-state index contributed by atoms with van der Waals surface area (Å²) in [4.78, 5) is 51.1. The molecule has 0 bridgehead atoms. The van der Waals surface area contributed by atoms with Gasteiger partial charge in [-0.1, -0.05) is 17.7 Å². The molecule has 3 amide bonds. The first-order chi connectivity index (χ1) is 13.9. The van der Waals surface area contributed by atoms with E-state index < -0.39 is 11.9 Å². The Labute approximate surface area is 171 Å². The van der Waals surface area contributed by atoms with Crippen LogP contribution in [0, 0.1) is 5.92 Å². The molecular weight excluding hydrogens is 396 g/mol. The van der Waals surface area contributed by atoms with Gasteiger partial charge in [0.15, 0.2) is 0 Å². The third-order valence-corrected chi connectivity index (χ3v) is 5.18. The lowest BCUT2D eigenvalue weighted by atomic mass is 10.1. The molecule has 7 nitrogen and oxygen atoms in total. The zero-order valence-electron chi connectivity index (χ0n) is 15.3. The summed E-state index contributed by atoms with van der Waals surface area (Å²) < 4.78 is 5.39. The van der Waals surface area contributed by atoms with E-state index in [9.17, 15) is 19.2 Å². The normalized spacial score (nSPS) is 19.2. The number of halogens is 1. The number of hydrogen-bond donors (Lipinski definition) is 0. The highest BCUT2D eigenvalue weighted by Gasteiger charge is 2.36. The third kappa shape index (κ3) is 3.86. The van der Waals surface area contributed by atoms with Crippen LogP contribution in [0.2, 0.25) is 5.02 Å². The molecule has 1 atom stereocenters. The number of anilines is 2. The van der Waals surface area contributed by atoms with E-state index in [1.54, 1.807) is 36.4 Å². The van der Waals surface area contributed by atoms with Crippen LogP contribution >= 0.6 is 11.6 Å². The van der Waals surface area contributed by atoms with Gasteiger partial charge in [-0.25, -0.2) is 0 Å². The second kappa shape index (κ2) is 7.67. The van der Waals surface area contributed by atoms with Gasteiger partial charge in [0.1, 0.15) is 5.75 Å². The smallest absolute Gasteiger partial charge is 0.316 e. The van der Waals surface area contributed by atoms with Gasteiger partial charge < -0.3 is 9.64 Å². The quantitative estimate of drug-likeness (QED) is 0.438. The molecule has 2 aliphatic heterocycles. The van der Waals surface area contributed by atoms with Crippen LogP contribution in [0.25, 0.3) is 0 Å². The number of hydrogen-bond acceptors (Lipinski definition) is 5. The molecule has 0 saturated carbocycles. The molecule has 0 radical (unpaired) electrons. The van der Waals surface area contributed by atoms with Gasteiger partial charge in [-0.3, -0.25) is 24.1 Å². The van der Waals surface area contributed by atoms with E-state index in [1.165, 1.54) is 17.0 Å². The lowest BCUT2D eigenvalue weighted by Crippen LogP contribution is -2.28. The first-order valence-corrected chi connectivity index (χ1v) is 9.53. The van der Waals surface area contributed by atoms with Crippen molar-refractivity contribution in [2.75, 3.05) is 16.3 Å². The number of imide groups is 1. The molecule has 0 aliphatic carbocycles. The Hall–Kier alpha value is -3.19. The number of esters is 1. The van der Waals surface area contributed by atoms with E-state index in [4.69, 9.17) is 16.3 Å². The standard InChI is InChI=1S/C21H17ClN2O5/c22-14-2-1-3-16(11-14)23-12-13(10-20(23)27)21(28)29-17-6-4-15(5-7-17)24-18(25)8-9-19(24)26/h1-7,11,13H,8-10,12H2/t13-/m1/s1. The van der Waals surface area contributed by atoms with Crippen molar-refractivity contribution in [2.24, 2.45) is 5.92 Å². The van der Waals surface area contributed by atoms with Crippen molar-refractivity contribution < 1.29 is 23.9 Å². The molecule has 148 valence electrons. The molecule has 8 heteroatoms. The number of carbonyl (C=O) groups excluding carboxylic acids is 4. The van der Waals surface area contributed by atoms with Gasteiger partial charge in [0, 0.05) is 36.5 Å². The second-order valence-electron chi connectivity index (χ2n) is 6.92. The molecule has 29 heavy (non-hydrogen) atoms. The van der Waals surface area contributed by atoms with E-state index in [1.807, 2.05) is 0 Å². The zero-order valence-corrected chi connectivity index (χ0v) is 16.1. The summed E-state index contributed by atoms with van der Waals surface area (Å²) in [5, 5.41) is 0.511. The van der Waals surface area contributed by atoms with Gasteiger partial charge in [-0.15, -0.1) is 0 Å². The summed E-state index contributed by atoms with van der Waals surface area (Å²) in [6.45, 7) is 0.215. The number of rotatable bonds is 4. The van der Waals surface area contributed by atoms with Gasteiger partial charge in [0.25, 0.3) is 0 Å². The molecule has 4 rings (SSSR count). The average Bonchev–Trinajstić information content (AvgIpc) is 3.25. The number of benzene rings is 2. The maximum atomic E-state index is 12.5. The molecule has 2 aromatic rings. The molecule has 0 unspecified atom stereocenters. The molecule has 2 saturated heterocycles. The van der Waals surface area contributed by atoms with Crippen molar-refractivity contribution in [2.45, 2.75) is 19.3 Å². The lowest BCUT2D eigenvalue weighted by molar-refractivity contribution is -0.139. The monoisotopic (exact) mass is 412 g/mol. The Morgan fingerprint density at radius 3 is 2.28 bits per heavy atom. The van der Waals surface area contributed by atoms with Crippen molar-refractivity contribution in [3.8, 4) is 5.75 Å². The van der Waals surface area contributed by atoms with Crippen LogP contribution in [-0.2, 0) is 19.2 Å². The fourth-order valence-electron chi connectivity index (χ4n) is 3.49. The maximum absolute atomic E-state index is 12.5. The molecule has 2 aromatic carbocycles. The van der Waals surface area contributed by atoms with E-state index >= 15 is 0 Å². The summed E-state index contributed by atoms with van der Waals surface area (Å²) in [6.07, 6.45) is 0.461. The van der Waals surface area contributed by atoms with Crippen LogP contribution in [0.5, 0.6) is 5.75 Å². The van der Waals surface area contributed by atoms with Crippen molar-refractivity contribution in [3.05, 3.63) is 53.6 Å². The Balaban J connectivity index is 1.41. The van der Waals surface area contributed by atoms with Crippen LogP contribution in [0.3, 0.4) is 0 Å². The van der Waals surface area contributed by atoms with Crippen LogP contribution in [-0.4, -0.2) is 30.2 Å². The molecule has 0 spiro atoms. The van der Waals surface area contributed by atoms with E-state index in [-0.39, 0.29) is 49.3 Å². The largest absolute Gasteiger partial charge is 0.426 e. The molecule has 0 aromatic heterocycles. The number of nitrogens with zero attached hydrogens (tertiary/aromatic N) is 2. The summed E-state index contributed by atoms with van der Waals surface area (Å²) in [5.41, 5.74) is 1.09.